The first-order chi connectivity index (χ1) is 10.1. The molecule has 6 heteroatoms. The van der Waals surface area contributed by atoms with Gasteiger partial charge in [-0.2, -0.15) is 0 Å². The van der Waals surface area contributed by atoms with Crippen molar-refractivity contribution in [3.8, 4) is 0 Å². The molecule has 0 bridgehead atoms. The number of aromatic nitrogens is 1. The molecule has 2 aliphatic rings. The van der Waals surface area contributed by atoms with Crippen molar-refractivity contribution < 1.29 is 9.90 Å². The van der Waals surface area contributed by atoms with Crippen LogP contribution < -0.4 is 11.3 Å². The van der Waals surface area contributed by atoms with Gasteiger partial charge in [0.05, 0.1) is 16.9 Å². The smallest absolute Gasteiger partial charge is 0.257 e. The number of hydrogen-bond acceptors (Lipinski definition) is 5. The largest absolute Gasteiger partial charge is 0.389 e. The average molecular weight is 290 g/mol. The summed E-state index contributed by atoms with van der Waals surface area (Å²) in [6.07, 6.45) is 7.89. The van der Waals surface area contributed by atoms with Gasteiger partial charge in [0.1, 0.15) is 0 Å². The number of pyridine rings is 1. The molecule has 114 valence electrons. The van der Waals surface area contributed by atoms with Crippen molar-refractivity contribution in [2.45, 2.75) is 37.7 Å². The Morgan fingerprint density at radius 3 is 3.14 bits per heavy atom. The standard InChI is InChI=1S/C15H22N4O2/c16-18-13-4-7-17-9-12(13)14(20)19-8-6-15(21)5-2-1-3-11(15)10-19/h4,7,9,11,21H,1-3,5-6,8,10,16H2,(H,17,18). The van der Waals surface area contributed by atoms with Crippen LogP contribution in [0.2, 0.25) is 0 Å². The summed E-state index contributed by atoms with van der Waals surface area (Å²) in [4.78, 5) is 18.5. The van der Waals surface area contributed by atoms with Gasteiger partial charge in [0, 0.05) is 31.4 Å². The molecular weight excluding hydrogens is 268 g/mol. The molecule has 0 radical (unpaired) electrons. The second-order valence-corrected chi connectivity index (χ2v) is 6.11. The number of nitrogens with two attached hydrogens (primary N) is 1. The van der Waals surface area contributed by atoms with Crippen LogP contribution in [0.3, 0.4) is 0 Å². The number of amides is 1. The first-order valence-corrected chi connectivity index (χ1v) is 7.56. The van der Waals surface area contributed by atoms with E-state index < -0.39 is 5.60 Å². The summed E-state index contributed by atoms with van der Waals surface area (Å²) in [5.74, 6) is 5.58. The van der Waals surface area contributed by atoms with E-state index in [-0.39, 0.29) is 11.8 Å². The topological polar surface area (TPSA) is 91.5 Å². The number of hydrazine groups is 1. The Morgan fingerprint density at radius 1 is 1.48 bits per heavy atom. The summed E-state index contributed by atoms with van der Waals surface area (Å²) in [7, 11) is 0. The molecule has 6 nitrogen and oxygen atoms in total. The SMILES string of the molecule is NNc1ccncc1C(=O)N1CCC2(O)CCCCC2C1. The highest BCUT2D eigenvalue weighted by Gasteiger charge is 2.43. The minimum absolute atomic E-state index is 0.0660. The summed E-state index contributed by atoms with van der Waals surface area (Å²) >= 11 is 0. The molecule has 0 aromatic carbocycles. The Hall–Kier alpha value is -1.66. The van der Waals surface area contributed by atoms with Gasteiger partial charge in [-0.25, -0.2) is 0 Å². The summed E-state index contributed by atoms with van der Waals surface area (Å²) < 4.78 is 0. The molecule has 2 heterocycles. The van der Waals surface area contributed by atoms with Gasteiger partial charge in [0.25, 0.3) is 5.91 Å². The number of anilines is 1. The number of hydrogen-bond donors (Lipinski definition) is 3. The van der Waals surface area contributed by atoms with E-state index in [0.29, 0.717) is 30.8 Å². The second-order valence-electron chi connectivity index (χ2n) is 6.11. The first kappa shape index (κ1) is 14.3. The van der Waals surface area contributed by atoms with Crippen molar-refractivity contribution >= 4 is 11.6 Å². The highest BCUT2D eigenvalue weighted by Crippen LogP contribution is 2.40. The van der Waals surface area contributed by atoms with E-state index in [9.17, 15) is 9.90 Å². The van der Waals surface area contributed by atoms with Gasteiger partial charge in [0.2, 0.25) is 0 Å². The summed E-state index contributed by atoms with van der Waals surface area (Å²) in [6.45, 7) is 1.21. The van der Waals surface area contributed by atoms with Crippen LogP contribution >= 0.6 is 0 Å². The maximum Gasteiger partial charge on any atom is 0.257 e. The Labute approximate surface area is 124 Å². The highest BCUT2D eigenvalue weighted by atomic mass is 16.3. The number of nitrogen functional groups attached to an aromatic ring is 1. The van der Waals surface area contributed by atoms with E-state index in [2.05, 4.69) is 10.4 Å². The quantitative estimate of drug-likeness (QED) is 0.561. The maximum atomic E-state index is 12.7. The van der Waals surface area contributed by atoms with Crippen molar-refractivity contribution in [2.75, 3.05) is 18.5 Å². The van der Waals surface area contributed by atoms with Gasteiger partial charge >= 0.3 is 0 Å². The van der Waals surface area contributed by atoms with Crippen LogP contribution in [-0.2, 0) is 0 Å². The molecule has 1 aliphatic heterocycles. The maximum absolute atomic E-state index is 12.7. The lowest BCUT2D eigenvalue weighted by atomic mass is 9.71. The monoisotopic (exact) mass is 290 g/mol. The number of fused-ring (bicyclic) bond motifs is 1. The zero-order valence-electron chi connectivity index (χ0n) is 12.1. The van der Waals surface area contributed by atoms with Crippen LogP contribution in [0.25, 0.3) is 0 Å². The molecular formula is C15H22N4O2. The van der Waals surface area contributed by atoms with Crippen molar-refractivity contribution in [1.29, 1.82) is 0 Å². The van der Waals surface area contributed by atoms with E-state index >= 15 is 0 Å². The number of carbonyl (C=O) groups is 1. The van der Waals surface area contributed by atoms with Gasteiger partial charge in [-0.15, -0.1) is 0 Å². The number of rotatable bonds is 2. The van der Waals surface area contributed by atoms with E-state index in [1.165, 1.54) is 0 Å². The van der Waals surface area contributed by atoms with Gasteiger partial charge < -0.3 is 15.4 Å². The van der Waals surface area contributed by atoms with E-state index in [1.54, 1.807) is 18.5 Å². The van der Waals surface area contributed by atoms with Crippen LogP contribution in [0.5, 0.6) is 0 Å². The molecule has 1 aliphatic carbocycles. The predicted molar refractivity (Wildman–Crippen MR) is 79.5 cm³/mol. The lowest BCUT2D eigenvalue weighted by Gasteiger charge is -2.47. The number of nitrogens with one attached hydrogen (secondary N) is 1. The van der Waals surface area contributed by atoms with Crippen molar-refractivity contribution in [3.05, 3.63) is 24.0 Å². The molecule has 1 aromatic rings. The molecule has 1 saturated carbocycles. The van der Waals surface area contributed by atoms with Gasteiger partial charge in [-0.1, -0.05) is 12.8 Å². The van der Waals surface area contributed by atoms with Gasteiger partial charge in [-0.05, 0) is 25.3 Å². The number of piperidine rings is 1. The third-order valence-corrected chi connectivity index (χ3v) is 4.92. The first-order valence-electron chi connectivity index (χ1n) is 7.56. The number of likely N-dealkylation sites (tertiary alicyclic amines) is 1. The molecule has 2 atom stereocenters. The Balaban J connectivity index is 1.77. The fraction of sp³-hybridized carbons (Fsp3) is 0.600. The normalized spacial score (nSPS) is 28.9. The Bertz CT molecular complexity index is 536. The highest BCUT2D eigenvalue weighted by molar-refractivity contribution is 5.99. The molecule has 2 fully saturated rings. The minimum atomic E-state index is -0.571. The number of nitrogens with zero attached hydrogens (tertiary/aromatic N) is 2. The van der Waals surface area contributed by atoms with E-state index in [0.717, 1.165) is 25.7 Å². The molecule has 2 unspecified atom stereocenters. The van der Waals surface area contributed by atoms with E-state index in [1.807, 2.05) is 4.90 Å². The molecule has 1 amide bonds. The average Bonchev–Trinajstić information content (AvgIpc) is 2.53. The fourth-order valence-electron chi connectivity index (χ4n) is 3.62. The number of aliphatic hydroxyl groups is 1. The summed E-state index contributed by atoms with van der Waals surface area (Å²) in [5, 5.41) is 10.7. The van der Waals surface area contributed by atoms with Gasteiger partial charge in [0.15, 0.2) is 0 Å². The lowest BCUT2D eigenvalue weighted by molar-refractivity contribution is -0.0886. The lowest BCUT2D eigenvalue weighted by Crippen LogP contribution is -2.54. The third-order valence-electron chi connectivity index (χ3n) is 4.92. The molecule has 1 aromatic heterocycles. The van der Waals surface area contributed by atoms with Crippen molar-refractivity contribution in [2.24, 2.45) is 11.8 Å². The molecule has 21 heavy (non-hydrogen) atoms. The fourth-order valence-corrected chi connectivity index (χ4v) is 3.62. The van der Waals surface area contributed by atoms with Crippen LogP contribution in [-0.4, -0.2) is 39.6 Å². The molecule has 1 saturated heterocycles. The van der Waals surface area contributed by atoms with Crippen LogP contribution in [0, 0.1) is 5.92 Å². The Kier molecular flexibility index (Phi) is 3.82. The van der Waals surface area contributed by atoms with Crippen LogP contribution in [0.1, 0.15) is 42.5 Å². The van der Waals surface area contributed by atoms with Crippen molar-refractivity contribution in [3.63, 3.8) is 0 Å². The Morgan fingerprint density at radius 2 is 2.33 bits per heavy atom. The summed E-state index contributed by atoms with van der Waals surface area (Å²) in [6, 6.07) is 1.69. The third kappa shape index (κ3) is 2.61. The number of carbonyl (C=O) groups excluding carboxylic acids is 1. The minimum Gasteiger partial charge on any atom is -0.389 e. The predicted octanol–water partition coefficient (Wildman–Crippen LogP) is 1.13. The zero-order chi connectivity index (χ0) is 14.9. The zero-order valence-corrected chi connectivity index (χ0v) is 12.1. The summed E-state index contributed by atoms with van der Waals surface area (Å²) in [5.41, 5.74) is 3.04. The van der Waals surface area contributed by atoms with Gasteiger partial charge in [-0.3, -0.25) is 15.6 Å². The second kappa shape index (κ2) is 5.61. The van der Waals surface area contributed by atoms with Crippen LogP contribution in [0.4, 0.5) is 5.69 Å². The molecule has 3 rings (SSSR count). The van der Waals surface area contributed by atoms with Crippen molar-refractivity contribution in [1.82, 2.24) is 9.88 Å². The van der Waals surface area contributed by atoms with Crippen LogP contribution in [0.15, 0.2) is 18.5 Å². The molecule has 0 spiro atoms. The molecule has 4 N–H and O–H groups in total. The van der Waals surface area contributed by atoms with E-state index in [4.69, 9.17) is 5.84 Å².